The lowest BCUT2D eigenvalue weighted by Gasteiger charge is -2.06. The van der Waals surface area contributed by atoms with Crippen LogP contribution in [0.2, 0.25) is 0 Å². The highest BCUT2D eigenvalue weighted by Crippen LogP contribution is 2.19. The van der Waals surface area contributed by atoms with Crippen LogP contribution in [0.25, 0.3) is 5.57 Å². The van der Waals surface area contributed by atoms with E-state index in [-0.39, 0.29) is 0 Å². The lowest BCUT2D eigenvalue weighted by Crippen LogP contribution is -1.94. The minimum absolute atomic E-state index is 0.843. The molecular formula is C12H9S. The minimum atomic E-state index is 0.843. The molecule has 0 heterocycles. The minimum Gasteiger partial charge on any atom is -0.0839 e. The quantitative estimate of drug-likeness (QED) is 0.605. The molecular weight excluding hydrogens is 176 g/mol. The third kappa shape index (κ3) is 1.93. The third-order valence-electron chi connectivity index (χ3n) is 2.00. The SMILES string of the molecule is S=C1[C]=CC(c2ccccc2)=CC1. The lowest BCUT2D eigenvalue weighted by molar-refractivity contribution is 1.47. The fourth-order valence-electron chi connectivity index (χ4n) is 1.31. The van der Waals surface area contributed by atoms with Gasteiger partial charge < -0.3 is 0 Å². The van der Waals surface area contributed by atoms with Gasteiger partial charge in [0.05, 0.1) is 0 Å². The van der Waals surface area contributed by atoms with Crippen molar-refractivity contribution < 1.29 is 0 Å². The van der Waals surface area contributed by atoms with Crippen LogP contribution >= 0.6 is 12.2 Å². The summed E-state index contributed by atoms with van der Waals surface area (Å²) >= 11 is 5.02. The van der Waals surface area contributed by atoms with Gasteiger partial charge >= 0.3 is 0 Å². The highest BCUT2D eigenvalue weighted by atomic mass is 32.1. The van der Waals surface area contributed by atoms with Crippen LogP contribution in [0.1, 0.15) is 12.0 Å². The fourth-order valence-corrected chi connectivity index (χ4v) is 1.45. The maximum Gasteiger partial charge on any atom is 0.0269 e. The third-order valence-corrected chi connectivity index (χ3v) is 2.29. The van der Waals surface area contributed by atoms with Crippen molar-refractivity contribution in [2.75, 3.05) is 0 Å². The summed E-state index contributed by atoms with van der Waals surface area (Å²) < 4.78 is 0. The molecule has 0 saturated carbocycles. The fraction of sp³-hybridized carbons (Fsp3) is 0.0833. The van der Waals surface area contributed by atoms with Crippen molar-refractivity contribution in [2.24, 2.45) is 0 Å². The summed E-state index contributed by atoms with van der Waals surface area (Å²) in [6.07, 6.45) is 8.02. The van der Waals surface area contributed by atoms with E-state index in [4.69, 9.17) is 12.2 Å². The van der Waals surface area contributed by atoms with Crippen LogP contribution in [0.15, 0.2) is 42.5 Å². The van der Waals surface area contributed by atoms with E-state index in [1.165, 1.54) is 11.1 Å². The molecule has 13 heavy (non-hydrogen) atoms. The second-order valence-corrected chi connectivity index (χ2v) is 3.43. The van der Waals surface area contributed by atoms with E-state index >= 15 is 0 Å². The van der Waals surface area contributed by atoms with Crippen molar-refractivity contribution in [1.29, 1.82) is 0 Å². The Kier molecular flexibility index (Phi) is 2.37. The van der Waals surface area contributed by atoms with Gasteiger partial charge in [-0.25, -0.2) is 0 Å². The van der Waals surface area contributed by atoms with E-state index < -0.39 is 0 Å². The number of thiocarbonyl (C=S) groups is 1. The molecule has 0 aromatic heterocycles. The van der Waals surface area contributed by atoms with Gasteiger partial charge in [-0.1, -0.05) is 48.6 Å². The van der Waals surface area contributed by atoms with Crippen molar-refractivity contribution in [2.45, 2.75) is 6.42 Å². The molecule has 0 fully saturated rings. The van der Waals surface area contributed by atoms with Gasteiger partial charge in [-0.05, 0) is 23.3 Å². The van der Waals surface area contributed by atoms with Crippen LogP contribution in [-0.2, 0) is 0 Å². The molecule has 0 nitrogen and oxygen atoms in total. The summed E-state index contributed by atoms with van der Waals surface area (Å²) in [5, 5.41) is 0. The Morgan fingerprint density at radius 1 is 1.15 bits per heavy atom. The van der Waals surface area contributed by atoms with Crippen molar-refractivity contribution in [3.05, 3.63) is 54.1 Å². The topological polar surface area (TPSA) is 0 Å². The maximum atomic E-state index is 5.02. The second-order valence-electron chi connectivity index (χ2n) is 2.94. The highest BCUT2D eigenvalue weighted by molar-refractivity contribution is 7.80. The van der Waals surface area contributed by atoms with E-state index in [2.05, 4.69) is 24.3 Å². The summed E-state index contributed by atoms with van der Waals surface area (Å²) in [5.74, 6) is 0. The zero-order valence-corrected chi connectivity index (χ0v) is 7.97. The Balaban J connectivity index is 2.30. The molecule has 0 saturated heterocycles. The molecule has 0 bridgehead atoms. The second kappa shape index (κ2) is 3.67. The Bertz CT molecular complexity index is 371. The Morgan fingerprint density at radius 2 is 1.92 bits per heavy atom. The molecule has 1 aromatic carbocycles. The molecule has 0 aliphatic heterocycles. The lowest BCUT2D eigenvalue weighted by atomic mass is 10.00. The van der Waals surface area contributed by atoms with E-state index in [9.17, 15) is 0 Å². The number of hydrogen-bond acceptors (Lipinski definition) is 1. The zero-order valence-electron chi connectivity index (χ0n) is 7.16. The van der Waals surface area contributed by atoms with Crippen molar-refractivity contribution >= 4 is 22.7 Å². The van der Waals surface area contributed by atoms with Gasteiger partial charge in [0, 0.05) is 11.3 Å². The molecule has 0 amide bonds. The highest BCUT2D eigenvalue weighted by Gasteiger charge is 2.02. The first kappa shape index (κ1) is 8.39. The number of allylic oxidation sites excluding steroid dienone is 4. The summed E-state index contributed by atoms with van der Waals surface area (Å²) in [6.45, 7) is 0. The van der Waals surface area contributed by atoms with Gasteiger partial charge in [-0.3, -0.25) is 0 Å². The zero-order chi connectivity index (χ0) is 9.10. The predicted molar refractivity (Wildman–Crippen MR) is 59.4 cm³/mol. The van der Waals surface area contributed by atoms with Gasteiger partial charge in [-0.2, -0.15) is 0 Å². The Morgan fingerprint density at radius 3 is 2.54 bits per heavy atom. The van der Waals surface area contributed by atoms with Gasteiger partial charge in [0.15, 0.2) is 0 Å². The van der Waals surface area contributed by atoms with E-state index in [0.29, 0.717) is 0 Å². The first-order valence-corrected chi connectivity index (χ1v) is 4.65. The largest absolute Gasteiger partial charge is 0.0839 e. The Hall–Kier alpha value is -1.21. The van der Waals surface area contributed by atoms with Crippen LogP contribution < -0.4 is 0 Å². The van der Waals surface area contributed by atoms with E-state index in [1.807, 2.05) is 24.3 Å². The van der Waals surface area contributed by atoms with Crippen LogP contribution in [0.3, 0.4) is 0 Å². The summed E-state index contributed by atoms with van der Waals surface area (Å²) in [7, 11) is 0. The van der Waals surface area contributed by atoms with E-state index in [0.717, 1.165) is 11.3 Å². The smallest absolute Gasteiger partial charge is 0.0269 e. The maximum absolute atomic E-state index is 5.02. The molecule has 1 aliphatic carbocycles. The normalized spacial score (nSPS) is 15.7. The molecule has 0 spiro atoms. The van der Waals surface area contributed by atoms with E-state index in [1.54, 1.807) is 0 Å². The Labute approximate surface area is 83.6 Å². The summed E-state index contributed by atoms with van der Waals surface area (Å²) in [6, 6.07) is 10.3. The summed E-state index contributed by atoms with van der Waals surface area (Å²) in [4.78, 5) is 0.889. The molecule has 63 valence electrons. The number of benzene rings is 1. The van der Waals surface area contributed by atoms with Crippen molar-refractivity contribution in [3.63, 3.8) is 0 Å². The standard InChI is InChI=1S/C12H9S/c13-12-8-6-11(7-9-12)10-4-2-1-3-5-10/h1-7H,8H2. The first-order chi connectivity index (χ1) is 6.36. The van der Waals surface area contributed by atoms with Crippen molar-refractivity contribution in [1.82, 2.24) is 0 Å². The number of hydrogen-bond donors (Lipinski definition) is 0. The predicted octanol–water partition coefficient (Wildman–Crippen LogP) is 3.20. The first-order valence-electron chi connectivity index (χ1n) is 4.24. The van der Waals surface area contributed by atoms with Crippen LogP contribution in [-0.4, -0.2) is 4.86 Å². The molecule has 0 atom stereocenters. The molecule has 2 rings (SSSR count). The summed E-state index contributed by atoms with van der Waals surface area (Å²) in [5.41, 5.74) is 2.45. The molecule has 1 heteroatoms. The number of rotatable bonds is 1. The van der Waals surface area contributed by atoms with Crippen molar-refractivity contribution in [3.8, 4) is 0 Å². The molecule has 0 unspecified atom stereocenters. The average molecular weight is 185 g/mol. The van der Waals surface area contributed by atoms with Gasteiger partial charge in [-0.15, -0.1) is 0 Å². The van der Waals surface area contributed by atoms with Gasteiger partial charge in [0.25, 0.3) is 0 Å². The average Bonchev–Trinajstić information content (AvgIpc) is 2.20. The monoisotopic (exact) mass is 185 g/mol. The molecule has 1 radical (unpaired) electrons. The van der Waals surface area contributed by atoms with Gasteiger partial charge in [0.1, 0.15) is 0 Å². The van der Waals surface area contributed by atoms with Gasteiger partial charge in [0.2, 0.25) is 0 Å². The molecule has 1 aromatic rings. The van der Waals surface area contributed by atoms with Crippen LogP contribution in [0.4, 0.5) is 0 Å². The van der Waals surface area contributed by atoms with Crippen LogP contribution in [0, 0.1) is 6.08 Å². The molecule has 1 aliphatic rings. The van der Waals surface area contributed by atoms with Crippen LogP contribution in [0.5, 0.6) is 0 Å². The molecule has 0 N–H and O–H groups in total.